The van der Waals surface area contributed by atoms with Crippen LogP contribution in [-0.4, -0.2) is 35.2 Å². The van der Waals surface area contributed by atoms with E-state index >= 15 is 0 Å². The lowest BCUT2D eigenvalue weighted by molar-refractivity contribution is -0.137. The van der Waals surface area contributed by atoms with Crippen molar-refractivity contribution in [1.82, 2.24) is 4.31 Å². The number of nitrogens with zero attached hydrogens (tertiary/aromatic N) is 1. The van der Waals surface area contributed by atoms with Crippen LogP contribution in [0.15, 0.2) is 58.3 Å². The van der Waals surface area contributed by atoms with E-state index in [4.69, 9.17) is 0 Å². The fourth-order valence-electron chi connectivity index (χ4n) is 1.96. The van der Waals surface area contributed by atoms with E-state index in [1.54, 1.807) is 0 Å². The van der Waals surface area contributed by atoms with Crippen molar-refractivity contribution in [2.75, 3.05) is 18.8 Å². The van der Waals surface area contributed by atoms with Gasteiger partial charge in [-0.1, -0.05) is 6.07 Å². The largest absolute Gasteiger partial charge is 0.416 e. The van der Waals surface area contributed by atoms with E-state index in [9.17, 15) is 30.0 Å². The Balaban J connectivity index is 2.31. The van der Waals surface area contributed by atoms with Crippen LogP contribution in [0.25, 0.3) is 0 Å². The zero-order chi connectivity index (χ0) is 19.8. The lowest BCUT2D eigenvalue weighted by atomic mass is 10.2. The first-order valence-corrected chi connectivity index (χ1v) is 9.99. The van der Waals surface area contributed by atoms with Gasteiger partial charge >= 0.3 is 6.18 Å². The van der Waals surface area contributed by atoms with Crippen molar-refractivity contribution in [3.63, 3.8) is 0 Å². The number of benzene rings is 2. The molecule has 26 heavy (non-hydrogen) atoms. The smallest absolute Gasteiger partial charge is 0.280 e. The molecule has 0 atom stereocenters. The zero-order valence-corrected chi connectivity index (χ0v) is 15.3. The van der Waals surface area contributed by atoms with Crippen LogP contribution in [0.2, 0.25) is 0 Å². The second kappa shape index (κ2) is 6.89. The highest BCUT2D eigenvalue weighted by Gasteiger charge is 2.31. The van der Waals surface area contributed by atoms with Crippen molar-refractivity contribution in [1.29, 1.82) is 0 Å². The quantitative estimate of drug-likeness (QED) is 0.825. The first-order chi connectivity index (χ1) is 11.8. The maximum absolute atomic E-state index is 12.7. The molecular formula is C15H15F3N2O4S2. The minimum absolute atomic E-state index is 0.0140. The summed E-state index contributed by atoms with van der Waals surface area (Å²) in [6.07, 6.45) is -4.67. The molecule has 2 rings (SSSR count). The maximum atomic E-state index is 12.7. The molecule has 142 valence electrons. The van der Waals surface area contributed by atoms with Crippen LogP contribution in [0.4, 0.5) is 18.9 Å². The third kappa shape index (κ3) is 4.34. The molecule has 0 aliphatic rings. The molecule has 0 radical (unpaired) electrons. The number of anilines is 1. The van der Waals surface area contributed by atoms with Crippen LogP contribution in [0, 0.1) is 0 Å². The molecule has 11 heteroatoms. The van der Waals surface area contributed by atoms with E-state index in [1.165, 1.54) is 38.4 Å². The highest BCUT2D eigenvalue weighted by Crippen LogP contribution is 2.31. The van der Waals surface area contributed by atoms with Crippen molar-refractivity contribution in [2.24, 2.45) is 0 Å². The number of nitrogens with one attached hydrogen (secondary N) is 1. The highest BCUT2D eigenvalue weighted by atomic mass is 32.2. The summed E-state index contributed by atoms with van der Waals surface area (Å²) in [4.78, 5) is -0.609. The number of alkyl halides is 3. The van der Waals surface area contributed by atoms with Crippen LogP contribution in [0.5, 0.6) is 0 Å². The predicted octanol–water partition coefficient (Wildman–Crippen LogP) is 2.76. The molecule has 2 aromatic rings. The minimum atomic E-state index is -4.67. The van der Waals surface area contributed by atoms with Crippen LogP contribution >= 0.6 is 0 Å². The van der Waals surface area contributed by atoms with E-state index in [2.05, 4.69) is 4.72 Å². The Morgan fingerprint density at radius 2 is 1.46 bits per heavy atom. The van der Waals surface area contributed by atoms with E-state index in [0.29, 0.717) is 6.07 Å². The number of hydrogen-bond donors (Lipinski definition) is 1. The molecule has 1 N–H and O–H groups in total. The lowest BCUT2D eigenvalue weighted by Gasteiger charge is -2.13. The summed E-state index contributed by atoms with van der Waals surface area (Å²) in [7, 11) is -5.26. The van der Waals surface area contributed by atoms with E-state index < -0.39 is 36.7 Å². The summed E-state index contributed by atoms with van der Waals surface area (Å²) in [6.45, 7) is 0. The Bertz CT molecular complexity index is 1000. The van der Waals surface area contributed by atoms with Gasteiger partial charge in [-0.3, -0.25) is 4.72 Å². The predicted molar refractivity (Wildman–Crippen MR) is 89.6 cm³/mol. The van der Waals surface area contributed by atoms with Crippen molar-refractivity contribution in [3.05, 3.63) is 54.1 Å². The van der Waals surface area contributed by atoms with Crippen LogP contribution < -0.4 is 4.72 Å². The normalized spacial score (nSPS) is 13.0. The van der Waals surface area contributed by atoms with E-state index in [0.717, 1.165) is 22.5 Å². The Morgan fingerprint density at radius 1 is 0.885 bits per heavy atom. The second-order valence-corrected chi connectivity index (χ2v) is 9.28. The molecule has 2 aromatic carbocycles. The van der Waals surface area contributed by atoms with Crippen LogP contribution in [0.3, 0.4) is 0 Å². The van der Waals surface area contributed by atoms with Gasteiger partial charge in [0.05, 0.1) is 15.4 Å². The molecule has 0 saturated carbocycles. The third-order valence-corrected chi connectivity index (χ3v) is 6.57. The standard InChI is InChI=1S/C15H15F3N2O4S2/c1-20(2)26(23,24)13-8-6-12(7-9-13)19-25(21,22)14-5-3-4-11(10-14)15(16,17)18/h3-10,19H,1-2H3. The molecule has 0 unspecified atom stereocenters. The summed E-state index contributed by atoms with van der Waals surface area (Å²) < 4.78 is 89.8. The zero-order valence-electron chi connectivity index (χ0n) is 13.6. The molecule has 0 saturated heterocycles. The average molecular weight is 408 g/mol. The van der Waals surface area contributed by atoms with Gasteiger partial charge < -0.3 is 0 Å². The van der Waals surface area contributed by atoms with Gasteiger partial charge in [-0.2, -0.15) is 13.2 Å². The number of halogens is 3. The molecule has 0 fully saturated rings. The number of rotatable bonds is 5. The number of sulfonamides is 2. The van der Waals surface area contributed by atoms with Gasteiger partial charge in [0.1, 0.15) is 0 Å². The average Bonchev–Trinajstić information content (AvgIpc) is 2.54. The molecule has 0 aromatic heterocycles. The Labute approximate surface area is 149 Å². The van der Waals surface area contributed by atoms with E-state index in [1.807, 2.05) is 0 Å². The molecule has 0 heterocycles. The maximum Gasteiger partial charge on any atom is 0.416 e. The first kappa shape index (κ1) is 20.2. The Morgan fingerprint density at radius 3 is 1.96 bits per heavy atom. The van der Waals surface area contributed by atoms with Gasteiger partial charge in [0.2, 0.25) is 10.0 Å². The van der Waals surface area contributed by atoms with Gasteiger partial charge in [-0.05, 0) is 42.5 Å². The molecule has 0 bridgehead atoms. The van der Waals surface area contributed by atoms with Gasteiger partial charge in [-0.25, -0.2) is 21.1 Å². The molecule has 0 aliphatic carbocycles. The van der Waals surface area contributed by atoms with Crippen molar-refractivity contribution >= 4 is 25.7 Å². The first-order valence-electron chi connectivity index (χ1n) is 7.07. The molecule has 6 nitrogen and oxygen atoms in total. The summed E-state index contributed by atoms with van der Waals surface area (Å²) >= 11 is 0. The van der Waals surface area contributed by atoms with Crippen molar-refractivity contribution in [3.8, 4) is 0 Å². The second-order valence-electron chi connectivity index (χ2n) is 5.44. The molecule has 0 amide bonds. The van der Waals surface area contributed by atoms with Gasteiger partial charge in [0.15, 0.2) is 0 Å². The lowest BCUT2D eigenvalue weighted by Crippen LogP contribution is -2.22. The number of hydrogen-bond acceptors (Lipinski definition) is 4. The van der Waals surface area contributed by atoms with Gasteiger partial charge in [0, 0.05) is 19.8 Å². The summed E-state index contributed by atoms with van der Waals surface area (Å²) in [5, 5.41) is 0. The Kier molecular flexibility index (Phi) is 5.36. The molecule has 0 aliphatic heterocycles. The van der Waals surface area contributed by atoms with Gasteiger partial charge in [0.25, 0.3) is 10.0 Å². The SMILES string of the molecule is CN(C)S(=O)(=O)c1ccc(NS(=O)(=O)c2cccc(C(F)(F)F)c2)cc1. The summed E-state index contributed by atoms with van der Waals surface area (Å²) in [5.74, 6) is 0. The topological polar surface area (TPSA) is 83.6 Å². The fourth-order valence-corrected chi connectivity index (χ4v) is 3.97. The summed E-state index contributed by atoms with van der Waals surface area (Å²) in [5.41, 5.74) is -1.08. The molecule has 0 spiro atoms. The van der Waals surface area contributed by atoms with Crippen LogP contribution in [0.1, 0.15) is 5.56 Å². The van der Waals surface area contributed by atoms with Crippen LogP contribution in [-0.2, 0) is 26.2 Å². The monoisotopic (exact) mass is 408 g/mol. The van der Waals surface area contributed by atoms with Crippen molar-refractivity contribution in [2.45, 2.75) is 16.0 Å². The summed E-state index contributed by atoms with van der Waals surface area (Å²) in [6, 6.07) is 8.11. The fraction of sp³-hybridized carbons (Fsp3) is 0.200. The van der Waals surface area contributed by atoms with E-state index in [-0.39, 0.29) is 10.6 Å². The van der Waals surface area contributed by atoms with Gasteiger partial charge in [-0.15, -0.1) is 0 Å². The van der Waals surface area contributed by atoms with Crippen molar-refractivity contribution < 1.29 is 30.0 Å². The highest BCUT2D eigenvalue weighted by molar-refractivity contribution is 7.92. The Hall–Kier alpha value is -2.11. The molecular weight excluding hydrogens is 393 g/mol. The minimum Gasteiger partial charge on any atom is -0.280 e. The third-order valence-electron chi connectivity index (χ3n) is 3.36.